The van der Waals surface area contributed by atoms with Gasteiger partial charge in [-0.1, -0.05) is 24.3 Å². The van der Waals surface area contributed by atoms with E-state index in [2.05, 4.69) is 10.6 Å². The normalized spacial score (nSPS) is 12.8. The average Bonchev–Trinajstić information content (AvgIpc) is 2.86. The van der Waals surface area contributed by atoms with Gasteiger partial charge in [0.1, 0.15) is 11.6 Å². The summed E-state index contributed by atoms with van der Waals surface area (Å²) in [4.78, 5) is 12.7. The van der Waals surface area contributed by atoms with Gasteiger partial charge in [0.15, 0.2) is 0 Å². The first kappa shape index (κ1) is 29.1. The van der Waals surface area contributed by atoms with Crippen LogP contribution < -0.4 is 10.6 Å². The number of rotatable bonds is 10. The second kappa shape index (κ2) is 11.9. The molecule has 0 aliphatic heterocycles. The first-order valence-electron chi connectivity index (χ1n) is 11.9. The zero-order chi connectivity index (χ0) is 28.1. The standard InChI is InChI=1S/C28H30F4N2O4/c1-27(2,34-15-25(37)18-7-9-24(36)21(11-18)16-35)13-17-4-3-5-19(10-17)26(38)33-14-20-6-8-22(29)12-23(20)28(30,31)32/h3-12,25,34-37H,13-16H2,1-2H3,(H,33,38)/t25-/m1/s1. The number of hydrogen-bond donors (Lipinski definition) is 5. The van der Waals surface area contributed by atoms with Crippen LogP contribution in [0.2, 0.25) is 0 Å². The highest BCUT2D eigenvalue weighted by atomic mass is 19.4. The summed E-state index contributed by atoms with van der Waals surface area (Å²) in [6.07, 6.45) is -5.18. The lowest BCUT2D eigenvalue weighted by Crippen LogP contribution is -2.43. The number of carbonyl (C=O) groups excluding carboxylic acids is 1. The number of phenols is 1. The molecule has 0 aliphatic rings. The van der Waals surface area contributed by atoms with Gasteiger partial charge in [0, 0.05) is 29.8 Å². The molecule has 38 heavy (non-hydrogen) atoms. The molecule has 5 N–H and O–H groups in total. The van der Waals surface area contributed by atoms with Gasteiger partial charge in [0.2, 0.25) is 0 Å². The lowest BCUT2D eigenvalue weighted by atomic mass is 9.93. The number of benzene rings is 3. The molecule has 3 aromatic carbocycles. The van der Waals surface area contributed by atoms with E-state index in [9.17, 15) is 37.7 Å². The Morgan fingerprint density at radius 3 is 2.42 bits per heavy atom. The third-order valence-electron chi connectivity index (χ3n) is 6.08. The summed E-state index contributed by atoms with van der Waals surface area (Å²) in [5.41, 5.74) is -0.00552. The molecule has 1 amide bonds. The summed E-state index contributed by atoms with van der Waals surface area (Å²) in [6.45, 7) is 3.23. The van der Waals surface area contributed by atoms with Crippen LogP contribution in [0.15, 0.2) is 60.7 Å². The highest BCUT2D eigenvalue weighted by Gasteiger charge is 2.33. The number of amides is 1. The Kier molecular flexibility index (Phi) is 9.14. The van der Waals surface area contributed by atoms with Gasteiger partial charge in [-0.25, -0.2) is 4.39 Å². The van der Waals surface area contributed by atoms with Gasteiger partial charge < -0.3 is 26.0 Å². The third-order valence-corrected chi connectivity index (χ3v) is 6.08. The van der Waals surface area contributed by atoms with Crippen molar-refractivity contribution in [1.82, 2.24) is 10.6 Å². The molecule has 3 aromatic rings. The molecular formula is C28H30F4N2O4. The van der Waals surface area contributed by atoms with E-state index in [0.29, 0.717) is 23.6 Å². The SMILES string of the molecule is CC(C)(Cc1cccc(C(=O)NCc2ccc(F)cc2C(F)(F)F)c1)NC[C@@H](O)c1ccc(O)c(CO)c1. The molecular weight excluding hydrogens is 504 g/mol. The molecule has 0 heterocycles. The van der Waals surface area contributed by atoms with Crippen molar-refractivity contribution >= 4 is 5.91 Å². The molecule has 10 heteroatoms. The summed E-state index contributed by atoms with van der Waals surface area (Å²) in [6, 6.07) is 13.5. The number of aliphatic hydroxyl groups is 2. The third kappa shape index (κ3) is 7.77. The number of hydrogen-bond acceptors (Lipinski definition) is 5. The van der Waals surface area contributed by atoms with E-state index in [1.165, 1.54) is 12.1 Å². The van der Waals surface area contributed by atoms with Crippen molar-refractivity contribution in [2.45, 2.75) is 51.2 Å². The molecule has 1 atom stereocenters. The molecule has 0 saturated carbocycles. The van der Waals surface area contributed by atoms with E-state index in [1.54, 1.807) is 24.3 Å². The number of nitrogens with one attached hydrogen (secondary N) is 2. The fraction of sp³-hybridized carbons (Fsp3) is 0.321. The average molecular weight is 535 g/mol. The lowest BCUT2D eigenvalue weighted by Gasteiger charge is -2.28. The fourth-order valence-electron chi connectivity index (χ4n) is 4.07. The summed E-state index contributed by atoms with van der Waals surface area (Å²) in [5, 5.41) is 35.3. The summed E-state index contributed by atoms with van der Waals surface area (Å²) in [5.74, 6) is -1.64. The fourth-order valence-corrected chi connectivity index (χ4v) is 4.07. The molecule has 0 radical (unpaired) electrons. The van der Waals surface area contributed by atoms with E-state index in [0.717, 1.165) is 17.7 Å². The number of halogens is 4. The maximum absolute atomic E-state index is 13.3. The van der Waals surface area contributed by atoms with Crippen LogP contribution in [0.5, 0.6) is 5.75 Å². The highest BCUT2D eigenvalue weighted by Crippen LogP contribution is 2.32. The molecule has 0 unspecified atom stereocenters. The van der Waals surface area contributed by atoms with Gasteiger partial charge in [0.25, 0.3) is 5.91 Å². The van der Waals surface area contributed by atoms with Crippen LogP contribution in [0.25, 0.3) is 0 Å². The quantitative estimate of drug-likeness (QED) is 0.245. The molecule has 0 saturated heterocycles. The molecule has 0 spiro atoms. The van der Waals surface area contributed by atoms with Crippen molar-refractivity contribution in [3.8, 4) is 5.75 Å². The number of aliphatic hydroxyl groups excluding tert-OH is 2. The Morgan fingerprint density at radius 2 is 1.74 bits per heavy atom. The van der Waals surface area contributed by atoms with Gasteiger partial charge >= 0.3 is 6.18 Å². The largest absolute Gasteiger partial charge is 0.508 e. The van der Waals surface area contributed by atoms with Crippen LogP contribution in [-0.2, 0) is 25.7 Å². The lowest BCUT2D eigenvalue weighted by molar-refractivity contribution is -0.138. The van der Waals surface area contributed by atoms with Crippen molar-refractivity contribution in [2.75, 3.05) is 6.54 Å². The van der Waals surface area contributed by atoms with E-state index in [-0.39, 0.29) is 30.0 Å². The van der Waals surface area contributed by atoms with Gasteiger partial charge in [0.05, 0.1) is 18.3 Å². The van der Waals surface area contributed by atoms with Crippen LogP contribution in [0.3, 0.4) is 0 Å². The highest BCUT2D eigenvalue weighted by molar-refractivity contribution is 5.94. The summed E-state index contributed by atoms with van der Waals surface area (Å²) in [7, 11) is 0. The van der Waals surface area contributed by atoms with E-state index in [4.69, 9.17) is 0 Å². The molecule has 0 fully saturated rings. The van der Waals surface area contributed by atoms with Crippen molar-refractivity contribution in [3.05, 3.63) is 99.9 Å². The Morgan fingerprint density at radius 1 is 1.00 bits per heavy atom. The van der Waals surface area contributed by atoms with Crippen molar-refractivity contribution in [3.63, 3.8) is 0 Å². The minimum atomic E-state index is -4.75. The topological polar surface area (TPSA) is 102 Å². The zero-order valence-corrected chi connectivity index (χ0v) is 20.9. The van der Waals surface area contributed by atoms with Crippen molar-refractivity contribution in [2.24, 2.45) is 0 Å². The van der Waals surface area contributed by atoms with Crippen LogP contribution in [0, 0.1) is 5.82 Å². The predicted molar refractivity (Wildman–Crippen MR) is 134 cm³/mol. The Bertz CT molecular complexity index is 1280. The Hall–Kier alpha value is -3.47. The maximum atomic E-state index is 13.3. The number of alkyl halides is 3. The Labute approximate surface area is 218 Å². The summed E-state index contributed by atoms with van der Waals surface area (Å²) < 4.78 is 53.0. The monoisotopic (exact) mass is 534 g/mol. The smallest absolute Gasteiger partial charge is 0.416 e. The van der Waals surface area contributed by atoms with E-state index < -0.39 is 41.7 Å². The predicted octanol–water partition coefficient (Wildman–Crippen LogP) is 4.62. The van der Waals surface area contributed by atoms with Gasteiger partial charge in [-0.15, -0.1) is 0 Å². The van der Waals surface area contributed by atoms with Crippen LogP contribution in [0.1, 0.15) is 58.1 Å². The molecule has 0 aromatic heterocycles. The van der Waals surface area contributed by atoms with Crippen LogP contribution in [0.4, 0.5) is 17.6 Å². The first-order chi connectivity index (χ1) is 17.8. The maximum Gasteiger partial charge on any atom is 0.416 e. The molecule has 0 bridgehead atoms. The molecule has 204 valence electrons. The molecule has 6 nitrogen and oxygen atoms in total. The van der Waals surface area contributed by atoms with Gasteiger partial charge in [-0.05, 0) is 73.4 Å². The van der Waals surface area contributed by atoms with Crippen LogP contribution in [-0.4, -0.2) is 33.3 Å². The Balaban J connectivity index is 1.62. The molecule has 0 aliphatic carbocycles. The van der Waals surface area contributed by atoms with E-state index in [1.807, 2.05) is 19.9 Å². The van der Waals surface area contributed by atoms with Gasteiger partial charge in [-0.3, -0.25) is 4.79 Å². The van der Waals surface area contributed by atoms with Crippen molar-refractivity contribution < 1.29 is 37.7 Å². The summed E-state index contributed by atoms with van der Waals surface area (Å²) >= 11 is 0. The van der Waals surface area contributed by atoms with Crippen molar-refractivity contribution in [1.29, 1.82) is 0 Å². The second-order valence-corrected chi connectivity index (χ2v) is 9.69. The number of carbonyl (C=O) groups is 1. The number of aromatic hydroxyl groups is 1. The second-order valence-electron chi connectivity index (χ2n) is 9.69. The minimum Gasteiger partial charge on any atom is -0.508 e. The van der Waals surface area contributed by atoms with Gasteiger partial charge in [-0.2, -0.15) is 13.2 Å². The molecule has 3 rings (SSSR count). The number of β-amino-alcohol motifs (C(OH)–C–C–N with tert-alkyl or cyclic N) is 1. The zero-order valence-electron chi connectivity index (χ0n) is 20.9. The van der Waals surface area contributed by atoms with Crippen LogP contribution >= 0.6 is 0 Å². The minimum absolute atomic E-state index is 0.0564. The first-order valence-corrected chi connectivity index (χ1v) is 11.9. The van der Waals surface area contributed by atoms with E-state index >= 15 is 0 Å².